The van der Waals surface area contributed by atoms with Gasteiger partial charge < -0.3 is 10.0 Å². The van der Waals surface area contributed by atoms with Crippen molar-refractivity contribution in [3.8, 4) is 0 Å². The Morgan fingerprint density at radius 2 is 1.86 bits per heavy atom. The second-order valence-electron chi connectivity index (χ2n) is 7.55. The van der Waals surface area contributed by atoms with Crippen LogP contribution in [-0.2, 0) is 0 Å². The van der Waals surface area contributed by atoms with Crippen molar-refractivity contribution in [3.05, 3.63) is 35.9 Å². The van der Waals surface area contributed by atoms with E-state index < -0.39 is 0 Å². The average molecular weight is 289 g/mol. The maximum absolute atomic E-state index is 10.3. The fourth-order valence-corrected chi connectivity index (χ4v) is 3.39. The lowest BCUT2D eigenvalue weighted by molar-refractivity contribution is 0.141. The minimum atomic E-state index is -0.326. The van der Waals surface area contributed by atoms with E-state index in [1.54, 1.807) is 0 Å². The highest BCUT2D eigenvalue weighted by Crippen LogP contribution is 2.34. The van der Waals surface area contributed by atoms with Crippen LogP contribution in [-0.4, -0.2) is 29.6 Å². The lowest BCUT2D eigenvalue weighted by Gasteiger charge is -2.30. The Morgan fingerprint density at radius 1 is 1.14 bits per heavy atom. The molecule has 1 aliphatic rings. The molecule has 2 nitrogen and oxygen atoms in total. The fourth-order valence-electron chi connectivity index (χ4n) is 3.39. The van der Waals surface area contributed by atoms with Crippen molar-refractivity contribution >= 4 is 0 Å². The van der Waals surface area contributed by atoms with E-state index in [4.69, 9.17) is 0 Å². The van der Waals surface area contributed by atoms with E-state index in [9.17, 15) is 5.11 Å². The molecular formula is C19H31NO. The van der Waals surface area contributed by atoms with Crippen molar-refractivity contribution < 1.29 is 5.11 Å². The zero-order chi connectivity index (χ0) is 15.3. The van der Waals surface area contributed by atoms with Crippen LogP contribution in [0.1, 0.15) is 58.1 Å². The summed E-state index contributed by atoms with van der Waals surface area (Å²) in [6, 6.07) is 10.0. The Kier molecular flexibility index (Phi) is 5.83. The second-order valence-corrected chi connectivity index (χ2v) is 7.55. The topological polar surface area (TPSA) is 23.5 Å². The van der Waals surface area contributed by atoms with Crippen LogP contribution in [0.3, 0.4) is 0 Å². The SMILES string of the molecule is CC(C)(C)C1CCCN(CCC(O)c2ccccc2)CC1. The van der Waals surface area contributed by atoms with Gasteiger partial charge in [-0.3, -0.25) is 0 Å². The number of likely N-dealkylation sites (tertiary alicyclic amines) is 1. The second kappa shape index (κ2) is 7.42. The molecule has 0 amide bonds. The van der Waals surface area contributed by atoms with Crippen molar-refractivity contribution in [2.45, 2.75) is 52.6 Å². The van der Waals surface area contributed by atoms with E-state index in [-0.39, 0.29) is 6.10 Å². The molecule has 2 rings (SSSR count). The summed E-state index contributed by atoms with van der Waals surface area (Å²) in [5.41, 5.74) is 1.47. The monoisotopic (exact) mass is 289 g/mol. The molecule has 1 N–H and O–H groups in total. The molecule has 118 valence electrons. The van der Waals surface area contributed by atoms with Gasteiger partial charge in [0.25, 0.3) is 0 Å². The van der Waals surface area contributed by atoms with E-state index in [0.29, 0.717) is 5.41 Å². The van der Waals surface area contributed by atoms with E-state index >= 15 is 0 Å². The number of benzene rings is 1. The van der Waals surface area contributed by atoms with Gasteiger partial charge in [-0.15, -0.1) is 0 Å². The van der Waals surface area contributed by atoms with Gasteiger partial charge >= 0.3 is 0 Å². The summed E-state index contributed by atoms with van der Waals surface area (Å²) >= 11 is 0. The Hall–Kier alpha value is -0.860. The van der Waals surface area contributed by atoms with Crippen molar-refractivity contribution in [1.82, 2.24) is 4.90 Å². The predicted molar refractivity (Wildman–Crippen MR) is 89.3 cm³/mol. The number of nitrogens with zero attached hydrogens (tertiary/aromatic N) is 1. The molecule has 0 spiro atoms. The minimum Gasteiger partial charge on any atom is -0.388 e. The van der Waals surface area contributed by atoms with Gasteiger partial charge in [0.05, 0.1) is 6.10 Å². The lowest BCUT2D eigenvalue weighted by Crippen LogP contribution is -2.28. The van der Waals surface area contributed by atoms with Gasteiger partial charge in [-0.2, -0.15) is 0 Å². The molecule has 2 unspecified atom stereocenters. The molecule has 21 heavy (non-hydrogen) atoms. The molecule has 1 heterocycles. The summed E-state index contributed by atoms with van der Waals surface area (Å²) in [6.45, 7) is 10.5. The number of hydrogen-bond donors (Lipinski definition) is 1. The molecule has 1 saturated heterocycles. The molecule has 1 fully saturated rings. The van der Waals surface area contributed by atoms with Gasteiger partial charge in [0, 0.05) is 6.54 Å². The molecule has 0 saturated carbocycles. The van der Waals surface area contributed by atoms with Crippen molar-refractivity contribution in [3.63, 3.8) is 0 Å². The Morgan fingerprint density at radius 3 is 2.52 bits per heavy atom. The predicted octanol–water partition coefficient (Wildman–Crippen LogP) is 4.26. The van der Waals surface area contributed by atoms with Gasteiger partial charge in [0.1, 0.15) is 0 Å². The maximum Gasteiger partial charge on any atom is 0.0802 e. The Labute approximate surface area is 130 Å². The molecule has 2 heteroatoms. The van der Waals surface area contributed by atoms with Gasteiger partial charge in [-0.1, -0.05) is 51.1 Å². The van der Waals surface area contributed by atoms with Gasteiger partial charge in [0.2, 0.25) is 0 Å². The standard InChI is InChI=1S/C19H31NO/c1-19(2,3)17-10-7-13-20(14-11-17)15-12-18(21)16-8-5-4-6-9-16/h4-6,8-9,17-18,21H,7,10-15H2,1-3H3. The molecular weight excluding hydrogens is 258 g/mol. The van der Waals surface area contributed by atoms with Crippen LogP contribution in [0.5, 0.6) is 0 Å². The van der Waals surface area contributed by atoms with E-state index in [1.807, 2.05) is 30.3 Å². The first-order valence-corrected chi connectivity index (χ1v) is 8.42. The van der Waals surface area contributed by atoms with Crippen LogP contribution < -0.4 is 0 Å². The van der Waals surface area contributed by atoms with Crippen molar-refractivity contribution in [2.75, 3.05) is 19.6 Å². The quantitative estimate of drug-likeness (QED) is 0.895. The smallest absolute Gasteiger partial charge is 0.0802 e. The fraction of sp³-hybridized carbons (Fsp3) is 0.684. The van der Waals surface area contributed by atoms with Crippen LogP contribution in [0.25, 0.3) is 0 Å². The molecule has 0 aliphatic carbocycles. The van der Waals surface area contributed by atoms with Gasteiger partial charge in [0.15, 0.2) is 0 Å². The van der Waals surface area contributed by atoms with Crippen LogP contribution in [0.15, 0.2) is 30.3 Å². The Bertz CT molecular complexity index is 409. The van der Waals surface area contributed by atoms with E-state index in [1.165, 1.54) is 32.4 Å². The molecule has 0 aromatic heterocycles. The third-order valence-corrected chi connectivity index (χ3v) is 4.95. The summed E-state index contributed by atoms with van der Waals surface area (Å²) in [5.74, 6) is 0.835. The van der Waals surface area contributed by atoms with Crippen LogP contribution in [0.2, 0.25) is 0 Å². The number of rotatable bonds is 4. The third-order valence-electron chi connectivity index (χ3n) is 4.95. The highest BCUT2D eigenvalue weighted by Gasteiger charge is 2.27. The maximum atomic E-state index is 10.3. The van der Waals surface area contributed by atoms with Crippen LogP contribution >= 0.6 is 0 Å². The minimum absolute atomic E-state index is 0.326. The summed E-state index contributed by atoms with van der Waals surface area (Å²) in [4.78, 5) is 2.54. The zero-order valence-electron chi connectivity index (χ0n) is 13.9. The first-order valence-electron chi connectivity index (χ1n) is 8.42. The molecule has 1 aliphatic heterocycles. The summed E-state index contributed by atoms with van der Waals surface area (Å²) in [5, 5.41) is 10.3. The van der Waals surface area contributed by atoms with Gasteiger partial charge in [-0.05, 0) is 55.7 Å². The van der Waals surface area contributed by atoms with E-state index in [0.717, 1.165) is 24.4 Å². The highest BCUT2D eigenvalue weighted by atomic mass is 16.3. The third kappa shape index (κ3) is 5.12. The van der Waals surface area contributed by atoms with Crippen LogP contribution in [0, 0.1) is 11.3 Å². The van der Waals surface area contributed by atoms with Crippen LogP contribution in [0.4, 0.5) is 0 Å². The number of hydrogen-bond acceptors (Lipinski definition) is 2. The first-order chi connectivity index (χ1) is 9.97. The summed E-state index contributed by atoms with van der Waals surface area (Å²) in [6.07, 6.45) is 4.45. The number of aliphatic hydroxyl groups is 1. The normalized spacial score (nSPS) is 22.8. The van der Waals surface area contributed by atoms with Gasteiger partial charge in [-0.25, -0.2) is 0 Å². The van der Waals surface area contributed by atoms with Crippen molar-refractivity contribution in [1.29, 1.82) is 0 Å². The van der Waals surface area contributed by atoms with E-state index in [2.05, 4.69) is 25.7 Å². The molecule has 0 radical (unpaired) electrons. The lowest BCUT2D eigenvalue weighted by atomic mass is 9.77. The first kappa shape index (κ1) is 16.5. The average Bonchev–Trinajstić information content (AvgIpc) is 2.71. The summed E-state index contributed by atoms with van der Waals surface area (Å²) < 4.78 is 0. The zero-order valence-corrected chi connectivity index (χ0v) is 13.9. The summed E-state index contributed by atoms with van der Waals surface area (Å²) in [7, 11) is 0. The Balaban J connectivity index is 1.79. The molecule has 2 atom stereocenters. The largest absolute Gasteiger partial charge is 0.388 e. The molecule has 1 aromatic carbocycles. The number of aliphatic hydroxyl groups excluding tert-OH is 1. The molecule has 0 bridgehead atoms. The molecule has 1 aromatic rings. The highest BCUT2D eigenvalue weighted by molar-refractivity contribution is 5.17. The van der Waals surface area contributed by atoms with Crippen molar-refractivity contribution in [2.24, 2.45) is 11.3 Å².